The lowest BCUT2D eigenvalue weighted by molar-refractivity contribution is -0.139. The van der Waals surface area contributed by atoms with Crippen LogP contribution in [0.5, 0.6) is 0 Å². The number of methoxy groups -OCH3 is 2. The Bertz CT molecular complexity index is 1540. The second-order valence-corrected chi connectivity index (χ2v) is 8.63. The topological polar surface area (TPSA) is 86.6 Å². The van der Waals surface area contributed by atoms with Gasteiger partial charge in [-0.15, -0.1) is 5.10 Å². The molecule has 4 aromatic rings. The largest absolute Gasteiger partial charge is 0.466 e. The average Bonchev–Trinajstić information content (AvgIpc) is 3.55. The van der Waals surface area contributed by atoms with Gasteiger partial charge in [0.25, 0.3) is 0 Å². The average molecular weight is 466 g/mol. The van der Waals surface area contributed by atoms with Crippen molar-refractivity contribution >= 4 is 28.7 Å². The number of hydrogen-bond acceptors (Lipinski definition) is 7. The Kier molecular flexibility index (Phi) is 4.54. The van der Waals surface area contributed by atoms with Gasteiger partial charge in [0.15, 0.2) is 5.66 Å². The van der Waals surface area contributed by atoms with Gasteiger partial charge < -0.3 is 14.4 Å². The molecule has 2 aliphatic rings. The minimum absolute atomic E-state index is 0.173. The van der Waals surface area contributed by atoms with Crippen molar-refractivity contribution < 1.29 is 19.1 Å². The van der Waals surface area contributed by atoms with E-state index in [-0.39, 0.29) is 11.1 Å². The van der Waals surface area contributed by atoms with Gasteiger partial charge >= 0.3 is 11.9 Å². The van der Waals surface area contributed by atoms with Gasteiger partial charge in [-0.25, -0.2) is 14.3 Å². The number of esters is 2. The van der Waals surface area contributed by atoms with E-state index < -0.39 is 23.6 Å². The van der Waals surface area contributed by atoms with Gasteiger partial charge in [0.2, 0.25) is 0 Å². The molecule has 8 nitrogen and oxygen atoms in total. The summed E-state index contributed by atoms with van der Waals surface area (Å²) < 4.78 is 12.2. The number of nitrogens with zero attached hydrogens (tertiary/aromatic N) is 4. The van der Waals surface area contributed by atoms with Gasteiger partial charge in [-0.3, -0.25) is 0 Å². The van der Waals surface area contributed by atoms with Gasteiger partial charge in [0.05, 0.1) is 31.4 Å². The molecule has 3 heterocycles. The molecule has 1 aromatic heterocycles. The van der Waals surface area contributed by atoms with Crippen LogP contribution >= 0.6 is 0 Å². The molecule has 0 fully saturated rings. The first kappa shape index (κ1) is 21.1. The zero-order valence-corrected chi connectivity index (χ0v) is 19.4. The second kappa shape index (κ2) is 7.53. The lowest BCUT2D eigenvalue weighted by Crippen LogP contribution is -2.49. The van der Waals surface area contributed by atoms with Crippen LogP contribution in [0.25, 0.3) is 11.0 Å². The molecule has 2 aliphatic heterocycles. The minimum atomic E-state index is -1.32. The summed E-state index contributed by atoms with van der Waals surface area (Å²) in [6, 6.07) is 22.7. The number of carbonyl (C=O) groups is 2. The number of benzene rings is 3. The van der Waals surface area contributed by atoms with Crippen LogP contribution < -0.4 is 4.90 Å². The first-order valence-electron chi connectivity index (χ1n) is 11.2. The molecule has 0 saturated heterocycles. The molecule has 3 aromatic carbocycles. The smallest absolute Gasteiger partial charge is 0.339 e. The van der Waals surface area contributed by atoms with E-state index in [1.165, 1.54) is 14.2 Å². The van der Waals surface area contributed by atoms with Crippen molar-refractivity contribution in [2.24, 2.45) is 0 Å². The number of rotatable bonds is 4. The first-order chi connectivity index (χ1) is 17.0. The predicted octanol–water partition coefficient (Wildman–Crippen LogP) is 3.66. The zero-order valence-electron chi connectivity index (χ0n) is 19.4. The first-order valence-corrected chi connectivity index (χ1v) is 11.2. The van der Waals surface area contributed by atoms with Crippen LogP contribution in [-0.4, -0.2) is 41.2 Å². The summed E-state index contributed by atoms with van der Waals surface area (Å²) in [7, 11) is 2.63. The summed E-state index contributed by atoms with van der Waals surface area (Å²) in [6.45, 7) is 2.01. The van der Waals surface area contributed by atoms with Gasteiger partial charge in [-0.2, -0.15) is 0 Å². The van der Waals surface area contributed by atoms with E-state index in [4.69, 9.17) is 9.47 Å². The van der Waals surface area contributed by atoms with Gasteiger partial charge in [-0.1, -0.05) is 59.3 Å². The number of fused-ring (bicyclic) bond motifs is 6. The Morgan fingerprint density at radius 2 is 1.57 bits per heavy atom. The number of carbonyl (C=O) groups excluding carboxylic acids is 2. The fourth-order valence-corrected chi connectivity index (χ4v) is 5.52. The minimum Gasteiger partial charge on any atom is -0.466 e. The molecule has 35 heavy (non-hydrogen) atoms. The quantitative estimate of drug-likeness (QED) is 0.424. The number of anilines is 1. The van der Waals surface area contributed by atoms with Crippen molar-refractivity contribution in [3.8, 4) is 0 Å². The van der Waals surface area contributed by atoms with E-state index in [1.54, 1.807) is 4.68 Å². The standard InChI is InChI=1S/C27H22N4O4/c1-16-12-14-17(15-13-16)30-24-18-8-4-5-9-19(18)27(30,23(26(33)35-3)22(24)25(32)34-2)31-21-11-7-6-10-20(21)28-29-31/h4-15,24H,1-3H3. The zero-order chi connectivity index (χ0) is 24.3. The van der Waals surface area contributed by atoms with E-state index in [0.717, 1.165) is 22.4 Å². The third-order valence-corrected chi connectivity index (χ3v) is 6.89. The molecule has 2 atom stereocenters. The van der Waals surface area contributed by atoms with Crippen molar-refractivity contribution in [2.75, 3.05) is 19.1 Å². The van der Waals surface area contributed by atoms with Crippen LogP contribution in [0.3, 0.4) is 0 Å². The number of hydrogen-bond donors (Lipinski definition) is 0. The Labute approximate surface area is 201 Å². The summed E-state index contributed by atoms with van der Waals surface area (Å²) in [6.07, 6.45) is 0. The Morgan fingerprint density at radius 1 is 0.886 bits per heavy atom. The summed E-state index contributed by atoms with van der Waals surface area (Å²) >= 11 is 0. The van der Waals surface area contributed by atoms with Crippen LogP contribution in [0.1, 0.15) is 22.7 Å². The monoisotopic (exact) mass is 466 g/mol. The van der Waals surface area contributed by atoms with E-state index >= 15 is 0 Å². The maximum atomic E-state index is 13.5. The van der Waals surface area contributed by atoms with E-state index in [9.17, 15) is 9.59 Å². The lowest BCUT2D eigenvalue weighted by atomic mass is 9.81. The molecule has 0 radical (unpaired) electrons. The van der Waals surface area contributed by atoms with Crippen molar-refractivity contribution in [1.82, 2.24) is 15.0 Å². The summed E-state index contributed by atoms with van der Waals surface area (Å²) in [4.78, 5) is 28.9. The normalized spacial score (nSPS) is 20.3. The Morgan fingerprint density at radius 3 is 2.31 bits per heavy atom. The molecule has 174 valence electrons. The van der Waals surface area contributed by atoms with E-state index in [2.05, 4.69) is 15.2 Å². The molecule has 0 aliphatic carbocycles. The molecule has 8 heteroatoms. The van der Waals surface area contributed by atoms with E-state index in [1.807, 2.05) is 79.7 Å². The molecule has 2 bridgehead atoms. The highest BCUT2D eigenvalue weighted by Gasteiger charge is 2.66. The highest BCUT2D eigenvalue weighted by molar-refractivity contribution is 6.08. The molecular formula is C27H22N4O4. The third-order valence-electron chi connectivity index (χ3n) is 6.89. The van der Waals surface area contributed by atoms with Gasteiger partial charge in [0, 0.05) is 11.3 Å². The summed E-state index contributed by atoms with van der Waals surface area (Å²) in [5.41, 5.74) is 4.10. The molecule has 0 amide bonds. The van der Waals surface area contributed by atoms with Crippen molar-refractivity contribution in [2.45, 2.75) is 18.6 Å². The summed E-state index contributed by atoms with van der Waals surface area (Å²) in [5.74, 6) is -1.22. The van der Waals surface area contributed by atoms with Crippen LogP contribution in [0.15, 0.2) is 83.9 Å². The number of aromatic nitrogens is 3. The molecule has 0 spiro atoms. The molecule has 2 unspecified atom stereocenters. The van der Waals surface area contributed by atoms with Crippen molar-refractivity contribution in [1.29, 1.82) is 0 Å². The van der Waals surface area contributed by atoms with Crippen molar-refractivity contribution in [3.63, 3.8) is 0 Å². The number of ether oxygens (including phenoxy) is 2. The van der Waals surface area contributed by atoms with Crippen LogP contribution in [0, 0.1) is 6.92 Å². The second-order valence-electron chi connectivity index (χ2n) is 8.63. The fraction of sp³-hybridized carbons (Fsp3) is 0.185. The predicted molar refractivity (Wildman–Crippen MR) is 129 cm³/mol. The molecule has 0 saturated carbocycles. The molecule has 0 N–H and O–H groups in total. The van der Waals surface area contributed by atoms with Crippen molar-refractivity contribution in [3.05, 3.63) is 101 Å². The third kappa shape index (κ3) is 2.62. The molecular weight excluding hydrogens is 444 g/mol. The number of aryl methyl sites for hydroxylation is 1. The highest BCUT2D eigenvalue weighted by atomic mass is 16.5. The molecule has 6 rings (SSSR count). The SMILES string of the molecule is COC(=O)C1=C(C(=O)OC)C2(n3nnc4ccccc43)c3ccccc3C1N2c1ccc(C)cc1. The van der Waals surface area contributed by atoms with Crippen LogP contribution in [0.2, 0.25) is 0 Å². The summed E-state index contributed by atoms with van der Waals surface area (Å²) in [5, 5.41) is 8.95. The van der Waals surface area contributed by atoms with E-state index in [0.29, 0.717) is 11.0 Å². The maximum absolute atomic E-state index is 13.5. The van der Waals surface area contributed by atoms with Crippen LogP contribution in [-0.2, 0) is 24.7 Å². The van der Waals surface area contributed by atoms with Gasteiger partial charge in [-0.05, 0) is 36.8 Å². The lowest BCUT2D eigenvalue weighted by Gasteiger charge is -2.39. The van der Waals surface area contributed by atoms with Gasteiger partial charge in [0.1, 0.15) is 11.1 Å². The Hall–Kier alpha value is -4.46. The highest BCUT2D eigenvalue weighted by Crippen LogP contribution is 2.62. The van der Waals surface area contributed by atoms with Crippen LogP contribution in [0.4, 0.5) is 5.69 Å². The Balaban J connectivity index is 1.80. The number of para-hydroxylation sites is 1. The maximum Gasteiger partial charge on any atom is 0.339 e. The fourth-order valence-electron chi connectivity index (χ4n) is 5.52.